The molecule has 0 fully saturated rings. The molecule has 4 rings (SSSR count). The average Bonchev–Trinajstić information content (AvgIpc) is 2.80. The fourth-order valence-corrected chi connectivity index (χ4v) is 4.73. The molecule has 0 spiro atoms. The highest BCUT2D eigenvalue weighted by Gasteiger charge is 2.49. The minimum Gasteiger partial charge on any atom is -0.468 e. The van der Waals surface area contributed by atoms with Crippen molar-refractivity contribution in [3.8, 4) is 5.75 Å². The largest absolute Gasteiger partial charge is 0.468 e. The van der Waals surface area contributed by atoms with E-state index in [1.54, 1.807) is 42.5 Å². The van der Waals surface area contributed by atoms with E-state index >= 15 is 0 Å². The second-order valence-corrected chi connectivity index (χ2v) is 9.22. The summed E-state index contributed by atoms with van der Waals surface area (Å²) in [7, 11) is 1.22. The molecule has 5 nitrogen and oxygen atoms in total. The van der Waals surface area contributed by atoms with Gasteiger partial charge in [-0.2, -0.15) is 0 Å². The van der Waals surface area contributed by atoms with Crippen LogP contribution in [0.3, 0.4) is 0 Å². The Kier molecular flexibility index (Phi) is 6.58. The van der Waals surface area contributed by atoms with Gasteiger partial charge < -0.3 is 9.47 Å². The van der Waals surface area contributed by atoms with Crippen LogP contribution >= 0.6 is 31.9 Å². The zero-order chi connectivity index (χ0) is 22.8. The smallest absolute Gasteiger partial charge is 0.326 e. The van der Waals surface area contributed by atoms with Crippen molar-refractivity contribution in [2.24, 2.45) is 5.92 Å². The third-order valence-corrected chi connectivity index (χ3v) is 6.56. The first-order chi connectivity index (χ1) is 15.4. The highest BCUT2D eigenvalue weighted by Crippen LogP contribution is 2.48. The van der Waals surface area contributed by atoms with E-state index in [2.05, 4.69) is 31.9 Å². The summed E-state index contributed by atoms with van der Waals surface area (Å²) in [5, 5.41) is 0. The van der Waals surface area contributed by atoms with Crippen LogP contribution in [0.4, 0.5) is 0 Å². The van der Waals surface area contributed by atoms with Crippen molar-refractivity contribution in [3.63, 3.8) is 0 Å². The van der Waals surface area contributed by atoms with Crippen LogP contribution < -0.4 is 4.74 Å². The van der Waals surface area contributed by atoms with Crippen molar-refractivity contribution >= 4 is 49.6 Å². The number of benzene rings is 3. The highest BCUT2D eigenvalue weighted by atomic mass is 79.9. The lowest BCUT2D eigenvalue weighted by atomic mass is 9.69. The molecule has 1 aliphatic heterocycles. The van der Waals surface area contributed by atoms with Crippen molar-refractivity contribution in [1.29, 1.82) is 0 Å². The molecule has 0 N–H and O–H groups in total. The first-order valence-electron chi connectivity index (χ1n) is 9.84. The predicted molar refractivity (Wildman–Crippen MR) is 126 cm³/mol. The molecular weight excluding hydrogens is 540 g/mol. The van der Waals surface area contributed by atoms with E-state index in [0.29, 0.717) is 22.4 Å². The van der Waals surface area contributed by atoms with Gasteiger partial charge in [-0.1, -0.05) is 74.3 Å². The Bertz CT molecular complexity index is 1170. The lowest BCUT2D eigenvalue weighted by Crippen LogP contribution is -2.42. The number of esters is 2. The first kappa shape index (κ1) is 22.4. The lowest BCUT2D eigenvalue weighted by Gasteiger charge is -2.35. The van der Waals surface area contributed by atoms with Gasteiger partial charge >= 0.3 is 11.9 Å². The molecule has 0 radical (unpaired) electrons. The SMILES string of the molecule is COC(=O)C1C(=O)Oc2ccc(Br)cc2C1C(C(=O)c1ccc(Br)cc1)c1ccccc1. The summed E-state index contributed by atoms with van der Waals surface area (Å²) < 4.78 is 12.0. The van der Waals surface area contributed by atoms with Gasteiger partial charge in [0.05, 0.1) is 13.0 Å². The Morgan fingerprint density at radius 2 is 1.59 bits per heavy atom. The zero-order valence-electron chi connectivity index (χ0n) is 17.0. The van der Waals surface area contributed by atoms with E-state index < -0.39 is 29.7 Å². The third-order valence-electron chi connectivity index (χ3n) is 5.54. The summed E-state index contributed by atoms with van der Waals surface area (Å²) in [5.74, 6) is -4.27. The molecule has 1 heterocycles. The number of rotatable bonds is 5. The molecular formula is C25H18Br2O5. The molecule has 3 unspecified atom stereocenters. The van der Waals surface area contributed by atoms with Gasteiger partial charge in [0.1, 0.15) is 5.75 Å². The Morgan fingerprint density at radius 3 is 2.25 bits per heavy atom. The number of halogens is 2. The molecule has 0 aromatic heterocycles. The summed E-state index contributed by atoms with van der Waals surface area (Å²) in [6.07, 6.45) is 0. The number of hydrogen-bond acceptors (Lipinski definition) is 5. The molecule has 3 aromatic rings. The number of fused-ring (bicyclic) bond motifs is 1. The number of carbonyl (C=O) groups is 3. The summed E-state index contributed by atoms with van der Waals surface area (Å²) in [4.78, 5) is 39.6. The average molecular weight is 558 g/mol. The molecule has 162 valence electrons. The Labute approximate surface area is 202 Å². The monoisotopic (exact) mass is 556 g/mol. The Balaban J connectivity index is 1.95. The van der Waals surface area contributed by atoms with Gasteiger partial charge in [-0.3, -0.25) is 14.4 Å². The van der Waals surface area contributed by atoms with Gasteiger partial charge in [-0.25, -0.2) is 0 Å². The maximum atomic E-state index is 13.9. The van der Waals surface area contributed by atoms with Crippen LogP contribution in [0.5, 0.6) is 5.75 Å². The first-order valence-corrected chi connectivity index (χ1v) is 11.4. The van der Waals surface area contributed by atoms with E-state index in [1.807, 2.05) is 30.3 Å². The molecule has 7 heteroatoms. The van der Waals surface area contributed by atoms with Gasteiger partial charge in [-0.05, 0) is 35.9 Å². The molecule has 0 amide bonds. The van der Waals surface area contributed by atoms with Crippen LogP contribution in [0.25, 0.3) is 0 Å². The van der Waals surface area contributed by atoms with Crippen LogP contribution in [-0.4, -0.2) is 24.8 Å². The number of methoxy groups -OCH3 is 1. The Hall–Kier alpha value is -2.77. The third kappa shape index (κ3) is 4.27. The van der Waals surface area contributed by atoms with Crippen molar-refractivity contribution in [3.05, 3.63) is 98.4 Å². The number of ketones is 1. The van der Waals surface area contributed by atoms with Crippen LogP contribution in [0.2, 0.25) is 0 Å². The van der Waals surface area contributed by atoms with Crippen molar-refractivity contribution in [2.45, 2.75) is 11.8 Å². The lowest BCUT2D eigenvalue weighted by molar-refractivity contribution is -0.157. The van der Waals surface area contributed by atoms with Gasteiger partial charge in [0.25, 0.3) is 0 Å². The second-order valence-electron chi connectivity index (χ2n) is 7.39. The predicted octanol–water partition coefficient (Wildman–Crippen LogP) is 5.67. The van der Waals surface area contributed by atoms with Crippen molar-refractivity contribution < 1.29 is 23.9 Å². The van der Waals surface area contributed by atoms with E-state index in [4.69, 9.17) is 9.47 Å². The topological polar surface area (TPSA) is 69.7 Å². The van der Waals surface area contributed by atoms with Crippen LogP contribution in [0.15, 0.2) is 81.7 Å². The molecule has 0 saturated carbocycles. The van der Waals surface area contributed by atoms with Crippen LogP contribution in [0.1, 0.15) is 33.3 Å². The van der Waals surface area contributed by atoms with Crippen molar-refractivity contribution in [1.82, 2.24) is 0 Å². The van der Waals surface area contributed by atoms with Gasteiger partial charge in [0, 0.05) is 26.0 Å². The molecule has 32 heavy (non-hydrogen) atoms. The standard InChI is InChI=1S/C25H18Br2O5/c1-31-24(29)22-21(18-13-17(27)11-12-19(18)32-25(22)30)20(14-5-3-2-4-6-14)23(28)15-7-9-16(26)10-8-15/h2-13,20-22H,1H3. The molecule has 0 bridgehead atoms. The molecule has 1 aliphatic rings. The fourth-order valence-electron chi connectivity index (χ4n) is 4.09. The Morgan fingerprint density at radius 1 is 0.938 bits per heavy atom. The van der Waals surface area contributed by atoms with E-state index in [1.165, 1.54) is 7.11 Å². The zero-order valence-corrected chi connectivity index (χ0v) is 20.1. The fraction of sp³-hybridized carbons (Fsp3) is 0.160. The summed E-state index contributed by atoms with van der Waals surface area (Å²) in [5.41, 5.74) is 1.76. The summed E-state index contributed by atoms with van der Waals surface area (Å²) in [6, 6.07) is 21.4. The van der Waals surface area contributed by atoms with E-state index in [9.17, 15) is 14.4 Å². The maximum Gasteiger partial charge on any atom is 0.326 e. The normalized spacial score (nSPS) is 18.3. The van der Waals surface area contributed by atoms with Crippen LogP contribution in [-0.2, 0) is 14.3 Å². The van der Waals surface area contributed by atoms with Gasteiger partial charge in [0.2, 0.25) is 0 Å². The van der Waals surface area contributed by atoms with Crippen molar-refractivity contribution in [2.75, 3.05) is 7.11 Å². The minimum atomic E-state index is -1.29. The van der Waals surface area contributed by atoms with E-state index in [-0.39, 0.29) is 5.78 Å². The molecule has 0 saturated heterocycles. The number of Topliss-reactive ketones (excluding diaryl/α,β-unsaturated/α-hetero) is 1. The number of hydrogen-bond donors (Lipinski definition) is 0. The number of carbonyl (C=O) groups excluding carboxylic acids is 3. The maximum absolute atomic E-state index is 13.9. The highest BCUT2D eigenvalue weighted by molar-refractivity contribution is 9.10. The minimum absolute atomic E-state index is 0.205. The quantitative estimate of drug-likeness (QED) is 0.175. The molecule has 0 aliphatic carbocycles. The summed E-state index contributed by atoms with van der Waals surface area (Å²) in [6.45, 7) is 0. The number of ether oxygens (including phenoxy) is 2. The van der Waals surface area contributed by atoms with E-state index in [0.717, 1.165) is 8.95 Å². The van der Waals surface area contributed by atoms with Crippen LogP contribution in [0, 0.1) is 5.92 Å². The van der Waals surface area contributed by atoms with Gasteiger partial charge in [0.15, 0.2) is 11.7 Å². The summed E-state index contributed by atoms with van der Waals surface area (Å²) >= 11 is 6.84. The van der Waals surface area contributed by atoms with Gasteiger partial charge in [-0.15, -0.1) is 0 Å². The molecule has 3 aromatic carbocycles. The molecule has 3 atom stereocenters. The second kappa shape index (κ2) is 9.38.